The summed E-state index contributed by atoms with van der Waals surface area (Å²) in [5, 5.41) is 0.580. The Morgan fingerprint density at radius 1 is 1.10 bits per heavy atom. The second kappa shape index (κ2) is 12.0. The van der Waals surface area contributed by atoms with Crippen molar-refractivity contribution in [2.75, 3.05) is 6.54 Å². The predicted octanol–water partition coefficient (Wildman–Crippen LogP) is 4.97. The lowest BCUT2D eigenvalue weighted by molar-refractivity contribution is -0.138. The summed E-state index contributed by atoms with van der Waals surface area (Å²) < 4.78 is 30.4. The van der Waals surface area contributed by atoms with Crippen LogP contribution in [0.5, 0.6) is 0 Å². The van der Waals surface area contributed by atoms with Crippen LogP contribution in [0.4, 0.5) is 8.78 Å². The van der Waals surface area contributed by atoms with E-state index in [4.69, 9.17) is 11.6 Å². The van der Waals surface area contributed by atoms with Crippen molar-refractivity contribution in [2.24, 2.45) is 0 Å². The van der Waals surface area contributed by atoms with Crippen LogP contribution in [0.3, 0.4) is 0 Å². The lowest BCUT2D eigenvalue weighted by Gasteiger charge is -2.24. The molecule has 4 aromatic rings. The van der Waals surface area contributed by atoms with Gasteiger partial charge in [0.25, 0.3) is 0 Å². The zero-order valence-corrected chi connectivity index (χ0v) is 22.9. The van der Waals surface area contributed by atoms with Crippen molar-refractivity contribution in [3.63, 3.8) is 0 Å². The van der Waals surface area contributed by atoms with E-state index in [9.17, 15) is 23.2 Å². The molecule has 1 aliphatic rings. The Hall–Kier alpha value is -4.42. The monoisotopic (exact) mass is 574 g/mol. The van der Waals surface area contributed by atoms with Gasteiger partial charge in [0.1, 0.15) is 18.5 Å². The molecule has 1 amide bonds. The van der Waals surface area contributed by atoms with Gasteiger partial charge in [-0.15, -0.1) is 0 Å². The number of hydrogen-bond acceptors (Lipinski definition) is 5. The minimum absolute atomic E-state index is 0.0373. The van der Waals surface area contributed by atoms with Crippen molar-refractivity contribution >= 4 is 40.0 Å². The standard InChI is InChI=1S/C31H25ClF2N4O3/c1-19(39)24-17-37(26-9-6-20(14-23(24)26)7-11-29-35-12-3-13-36-29)18-30(41)38-16-22(33)15-27(38)28(40)10-8-21-4-2-5-25(32)31(21)34/h2-6,9,12-14,17,22,27H,8,10,15-16,18H2,1H3/t22-,27+/m1/s1. The number of carbonyl (C=O) groups is 3. The van der Waals surface area contributed by atoms with Gasteiger partial charge in [-0.1, -0.05) is 29.7 Å². The van der Waals surface area contributed by atoms with Crippen LogP contribution in [0.15, 0.2) is 61.1 Å². The molecule has 0 spiro atoms. The van der Waals surface area contributed by atoms with Gasteiger partial charge in [0.15, 0.2) is 11.6 Å². The number of aryl methyl sites for hydroxylation is 1. The zero-order chi connectivity index (χ0) is 29.1. The van der Waals surface area contributed by atoms with E-state index in [-0.39, 0.29) is 54.5 Å². The van der Waals surface area contributed by atoms with Gasteiger partial charge in [-0.3, -0.25) is 14.4 Å². The van der Waals surface area contributed by atoms with Gasteiger partial charge in [-0.2, -0.15) is 0 Å². The van der Waals surface area contributed by atoms with Crippen molar-refractivity contribution in [3.05, 3.63) is 94.4 Å². The first-order valence-electron chi connectivity index (χ1n) is 13.0. The molecule has 1 saturated heterocycles. The number of rotatable bonds is 7. The third-order valence-electron chi connectivity index (χ3n) is 7.06. The molecule has 0 bridgehead atoms. The van der Waals surface area contributed by atoms with E-state index in [1.54, 1.807) is 59.6 Å². The number of likely N-dealkylation sites (tertiary alicyclic amines) is 1. The van der Waals surface area contributed by atoms with Gasteiger partial charge in [-0.25, -0.2) is 18.7 Å². The summed E-state index contributed by atoms with van der Waals surface area (Å²) in [5.41, 5.74) is 1.96. The number of aromatic nitrogens is 3. The number of benzene rings is 2. The molecule has 5 rings (SSSR count). The van der Waals surface area contributed by atoms with E-state index in [1.165, 1.54) is 17.9 Å². The highest BCUT2D eigenvalue weighted by Gasteiger charge is 2.39. The van der Waals surface area contributed by atoms with E-state index >= 15 is 0 Å². The second-order valence-electron chi connectivity index (χ2n) is 9.86. The SMILES string of the molecule is CC(=O)c1cn(CC(=O)N2C[C@H](F)C[C@H]2C(=O)CCc2cccc(Cl)c2F)c2ccc(C#Cc3ncccn3)cc12. The predicted molar refractivity (Wildman–Crippen MR) is 150 cm³/mol. The second-order valence-corrected chi connectivity index (χ2v) is 10.3. The summed E-state index contributed by atoms with van der Waals surface area (Å²) in [6.45, 7) is 1.04. The molecule has 0 unspecified atom stereocenters. The van der Waals surface area contributed by atoms with Gasteiger partial charge in [0.05, 0.1) is 17.6 Å². The topological polar surface area (TPSA) is 85.2 Å². The van der Waals surface area contributed by atoms with Crippen LogP contribution in [-0.4, -0.2) is 55.7 Å². The Balaban J connectivity index is 1.35. The van der Waals surface area contributed by atoms with Crippen molar-refractivity contribution in [1.82, 2.24) is 19.4 Å². The smallest absolute Gasteiger partial charge is 0.243 e. The average molecular weight is 575 g/mol. The molecule has 0 radical (unpaired) electrons. The van der Waals surface area contributed by atoms with Crippen molar-refractivity contribution in [1.29, 1.82) is 0 Å². The third-order valence-corrected chi connectivity index (χ3v) is 7.36. The molecule has 10 heteroatoms. The molecular weight excluding hydrogens is 550 g/mol. The van der Waals surface area contributed by atoms with Crippen molar-refractivity contribution in [3.8, 4) is 11.8 Å². The summed E-state index contributed by atoms with van der Waals surface area (Å²) >= 11 is 5.83. The number of fused-ring (bicyclic) bond motifs is 1. The van der Waals surface area contributed by atoms with Crippen LogP contribution < -0.4 is 0 Å². The molecule has 3 heterocycles. The maximum absolute atomic E-state index is 14.5. The third kappa shape index (κ3) is 6.18. The van der Waals surface area contributed by atoms with E-state index in [1.807, 2.05) is 0 Å². The number of amides is 1. The molecule has 2 aromatic carbocycles. The number of Topliss-reactive ketones (excluding diaryl/α,β-unsaturated/α-hetero) is 2. The Bertz CT molecular complexity index is 1710. The number of ketones is 2. The molecule has 1 fully saturated rings. The summed E-state index contributed by atoms with van der Waals surface area (Å²) in [6.07, 6.45) is 3.34. The van der Waals surface area contributed by atoms with Crippen LogP contribution in [0.25, 0.3) is 10.9 Å². The normalized spacial score (nSPS) is 16.4. The summed E-state index contributed by atoms with van der Waals surface area (Å²) in [4.78, 5) is 48.3. The van der Waals surface area contributed by atoms with Crippen LogP contribution in [0.1, 0.15) is 47.1 Å². The van der Waals surface area contributed by atoms with Crippen molar-refractivity contribution in [2.45, 2.75) is 44.9 Å². The maximum atomic E-state index is 14.5. The van der Waals surface area contributed by atoms with Crippen molar-refractivity contribution < 1.29 is 23.2 Å². The Morgan fingerprint density at radius 2 is 1.88 bits per heavy atom. The molecule has 7 nitrogen and oxygen atoms in total. The minimum Gasteiger partial charge on any atom is -0.337 e. The first-order valence-corrected chi connectivity index (χ1v) is 13.4. The molecule has 208 valence electrons. The van der Waals surface area contributed by atoms with Gasteiger partial charge >= 0.3 is 0 Å². The van der Waals surface area contributed by atoms with Gasteiger partial charge in [0.2, 0.25) is 11.7 Å². The van der Waals surface area contributed by atoms with Gasteiger partial charge in [-0.05, 0) is 55.2 Å². The number of nitrogens with zero attached hydrogens (tertiary/aromatic N) is 4. The highest BCUT2D eigenvalue weighted by Crippen LogP contribution is 2.27. The molecule has 0 N–H and O–H groups in total. The highest BCUT2D eigenvalue weighted by molar-refractivity contribution is 6.30. The molecular formula is C31H25ClF2N4O3. The minimum atomic E-state index is -1.35. The Labute approximate surface area is 240 Å². The fraction of sp³-hybridized carbons (Fsp3) is 0.258. The van der Waals surface area contributed by atoms with Crippen LogP contribution in [0.2, 0.25) is 5.02 Å². The van der Waals surface area contributed by atoms with E-state index in [2.05, 4.69) is 21.8 Å². The molecule has 2 atom stereocenters. The fourth-order valence-electron chi connectivity index (χ4n) is 5.05. The zero-order valence-electron chi connectivity index (χ0n) is 22.1. The van der Waals surface area contributed by atoms with Crippen LogP contribution in [0, 0.1) is 17.7 Å². The Kier molecular flexibility index (Phi) is 8.22. The largest absolute Gasteiger partial charge is 0.337 e. The van der Waals surface area contributed by atoms with Crippen LogP contribution in [-0.2, 0) is 22.6 Å². The average Bonchev–Trinajstić information content (AvgIpc) is 3.53. The fourth-order valence-corrected chi connectivity index (χ4v) is 5.24. The lowest BCUT2D eigenvalue weighted by atomic mass is 10.0. The van der Waals surface area contributed by atoms with E-state index < -0.39 is 23.9 Å². The molecule has 1 aliphatic heterocycles. The molecule has 0 saturated carbocycles. The maximum Gasteiger partial charge on any atom is 0.243 e. The number of carbonyl (C=O) groups excluding carboxylic acids is 3. The molecule has 2 aromatic heterocycles. The quantitative estimate of drug-likeness (QED) is 0.230. The van der Waals surface area contributed by atoms with Crippen LogP contribution >= 0.6 is 11.6 Å². The lowest BCUT2D eigenvalue weighted by Crippen LogP contribution is -2.42. The number of hydrogen-bond donors (Lipinski definition) is 0. The number of halogens is 3. The summed E-state index contributed by atoms with van der Waals surface area (Å²) in [7, 11) is 0. The molecule has 41 heavy (non-hydrogen) atoms. The first-order chi connectivity index (χ1) is 19.7. The van der Waals surface area contributed by atoms with E-state index in [0.717, 1.165) is 0 Å². The highest BCUT2D eigenvalue weighted by atomic mass is 35.5. The first kappa shape index (κ1) is 28.1. The Morgan fingerprint density at radius 3 is 2.63 bits per heavy atom. The molecule has 0 aliphatic carbocycles. The number of alkyl halides is 1. The van der Waals surface area contributed by atoms with Gasteiger partial charge in [0, 0.05) is 53.5 Å². The van der Waals surface area contributed by atoms with Gasteiger partial charge < -0.3 is 9.47 Å². The summed E-state index contributed by atoms with van der Waals surface area (Å²) in [6, 6.07) is 10.6. The summed E-state index contributed by atoms with van der Waals surface area (Å²) in [5.74, 6) is 4.65. The van der Waals surface area contributed by atoms with E-state index in [0.29, 0.717) is 27.9 Å².